The fraction of sp³-hybridized carbons (Fsp3) is 0.421. The fourth-order valence-corrected chi connectivity index (χ4v) is 4.07. The number of benzene rings is 1. The molecule has 1 aromatic heterocycles. The van der Waals surface area contributed by atoms with Gasteiger partial charge in [0.2, 0.25) is 0 Å². The van der Waals surface area contributed by atoms with Crippen molar-refractivity contribution in [3.63, 3.8) is 0 Å². The van der Waals surface area contributed by atoms with Crippen molar-refractivity contribution < 1.29 is 28.0 Å². The molecule has 0 radical (unpaired) electrons. The molecule has 1 unspecified atom stereocenters. The largest absolute Gasteiger partial charge is 0.490 e. The van der Waals surface area contributed by atoms with E-state index in [2.05, 4.69) is 5.16 Å². The number of nitrogens with two attached hydrogens (primary N) is 1. The van der Waals surface area contributed by atoms with Gasteiger partial charge in [-0.2, -0.15) is 0 Å². The van der Waals surface area contributed by atoms with Crippen LogP contribution in [-0.4, -0.2) is 41.3 Å². The molecule has 8 nitrogen and oxygen atoms in total. The highest BCUT2D eigenvalue weighted by molar-refractivity contribution is 6.30. The fourth-order valence-electron chi connectivity index (χ4n) is 3.95. The molecule has 10 heteroatoms. The number of carbonyl (C=O) groups excluding carboxylic acids is 2. The van der Waals surface area contributed by atoms with Gasteiger partial charge in [-0.25, -0.2) is 9.18 Å². The van der Waals surface area contributed by atoms with Gasteiger partial charge in [-0.3, -0.25) is 4.79 Å². The van der Waals surface area contributed by atoms with Crippen LogP contribution in [0.3, 0.4) is 0 Å². The first-order valence-electron chi connectivity index (χ1n) is 9.18. The number of fused-ring (bicyclic) bond motifs is 1. The van der Waals surface area contributed by atoms with E-state index >= 15 is 0 Å². The highest BCUT2D eigenvalue weighted by atomic mass is 35.5. The van der Waals surface area contributed by atoms with E-state index in [1.54, 1.807) is 11.0 Å². The molecule has 2 N–H and O–H groups in total. The highest BCUT2D eigenvalue weighted by Crippen LogP contribution is 2.40. The van der Waals surface area contributed by atoms with Gasteiger partial charge in [0.05, 0.1) is 11.1 Å². The van der Waals surface area contributed by atoms with Crippen molar-refractivity contribution in [3.8, 4) is 5.75 Å². The van der Waals surface area contributed by atoms with E-state index < -0.39 is 17.8 Å². The number of ether oxygens (including phenoxy) is 2. The number of hydrogen-bond acceptors (Lipinski definition) is 6. The van der Waals surface area contributed by atoms with Gasteiger partial charge < -0.3 is 24.6 Å². The van der Waals surface area contributed by atoms with Gasteiger partial charge in [-0.1, -0.05) is 16.8 Å². The summed E-state index contributed by atoms with van der Waals surface area (Å²) in [5.74, 6) is 0.0846. The Bertz CT molecular complexity index is 922. The Hall–Kier alpha value is -2.81. The molecule has 2 aromatic rings. The SMILES string of the molecule is NC(=O)c1cc(COC(=O)N2C[C@H]3CC(Oc4ccc(Cl)c(F)c4)C[C@H]3C2)on1. The van der Waals surface area contributed by atoms with Gasteiger partial charge in [-0.05, 0) is 36.8 Å². The highest BCUT2D eigenvalue weighted by Gasteiger charge is 2.43. The number of carbonyl (C=O) groups is 2. The summed E-state index contributed by atoms with van der Waals surface area (Å²) in [4.78, 5) is 24.9. The topological polar surface area (TPSA) is 108 Å². The van der Waals surface area contributed by atoms with Crippen molar-refractivity contribution >= 4 is 23.6 Å². The molecule has 4 rings (SSSR count). The van der Waals surface area contributed by atoms with Crippen LogP contribution >= 0.6 is 11.6 Å². The van der Waals surface area contributed by atoms with Gasteiger partial charge in [0, 0.05) is 25.2 Å². The summed E-state index contributed by atoms with van der Waals surface area (Å²) in [5, 5.41) is 3.55. The van der Waals surface area contributed by atoms with Crippen molar-refractivity contribution in [3.05, 3.63) is 46.6 Å². The Kier molecular flexibility index (Phi) is 5.31. The van der Waals surface area contributed by atoms with E-state index in [9.17, 15) is 14.0 Å². The molecule has 29 heavy (non-hydrogen) atoms. The average molecular weight is 424 g/mol. The maximum absolute atomic E-state index is 13.6. The van der Waals surface area contributed by atoms with Crippen LogP contribution in [0.4, 0.5) is 9.18 Å². The van der Waals surface area contributed by atoms with Gasteiger partial charge >= 0.3 is 6.09 Å². The molecule has 2 fully saturated rings. The lowest BCUT2D eigenvalue weighted by atomic mass is 10.0. The number of hydrogen-bond donors (Lipinski definition) is 1. The maximum atomic E-state index is 13.6. The summed E-state index contributed by atoms with van der Waals surface area (Å²) < 4.78 is 29.6. The lowest BCUT2D eigenvalue weighted by Gasteiger charge is -2.19. The van der Waals surface area contributed by atoms with Gasteiger partial charge in [0.15, 0.2) is 18.1 Å². The third kappa shape index (κ3) is 4.29. The van der Waals surface area contributed by atoms with E-state index in [0.717, 1.165) is 12.8 Å². The minimum Gasteiger partial charge on any atom is -0.490 e. The van der Waals surface area contributed by atoms with Crippen molar-refractivity contribution in [2.75, 3.05) is 13.1 Å². The van der Waals surface area contributed by atoms with Crippen LogP contribution in [0, 0.1) is 17.7 Å². The minimum absolute atomic E-state index is 0.0154. The molecule has 1 saturated carbocycles. The van der Waals surface area contributed by atoms with Crippen molar-refractivity contribution in [1.29, 1.82) is 0 Å². The number of amides is 2. The van der Waals surface area contributed by atoms with Crippen LogP contribution in [0.1, 0.15) is 29.1 Å². The number of likely N-dealkylation sites (tertiary alicyclic amines) is 1. The third-order valence-corrected chi connectivity index (χ3v) is 5.62. The molecule has 0 spiro atoms. The molecule has 1 aromatic carbocycles. The van der Waals surface area contributed by atoms with Crippen LogP contribution in [-0.2, 0) is 11.3 Å². The smallest absolute Gasteiger partial charge is 0.410 e. The summed E-state index contributed by atoms with van der Waals surface area (Å²) in [5.41, 5.74) is 5.08. The molecular formula is C19H19ClFN3O5. The van der Waals surface area contributed by atoms with Gasteiger partial charge in [0.1, 0.15) is 11.6 Å². The first-order valence-corrected chi connectivity index (χ1v) is 9.55. The molecule has 2 heterocycles. The van der Waals surface area contributed by atoms with Crippen molar-refractivity contribution in [2.24, 2.45) is 17.6 Å². The van der Waals surface area contributed by atoms with E-state index in [0.29, 0.717) is 30.7 Å². The van der Waals surface area contributed by atoms with Crippen LogP contribution in [0.15, 0.2) is 28.8 Å². The second kappa shape index (κ2) is 7.90. The van der Waals surface area contributed by atoms with E-state index in [4.69, 9.17) is 31.3 Å². The minimum atomic E-state index is -0.711. The summed E-state index contributed by atoms with van der Waals surface area (Å²) in [6, 6.07) is 5.75. The average Bonchev–Trinajstić information content (AvgIpc) is 3.37. The zero-order chi connectivity index (χ0) is 20.5. The number of nitrogens with zero attached hydrogens (tertiary/aromatic N) is 2. The van der Waals surface area contributed by atoms with Crippen LogP contribution < -0.4 is 10.5 Å². The Morgan fingerprint density at radius 2 is 2.00 bits per heavy atom. The zero-order valence-corrected chi connectivity index (χ0v) is 16.1. The molecular weight excluding hydrogens is 405 g/mol. The van der Waals surface area contributed by atoms with Crippen molar-refractivity contribution in [2.45, 2.75) is 25.6 Å². The predicted molar refractivity (Wildman–Crippen MR) is 98.8 cm³/mol. The lowest BCUT2D eigenvalue weighted by Crippen LogP contribution is -2.31. The van der Waals surface area contributed by atoms with E-state index in [1.165, 1.54) is 18.2 Å². The summed E-state index contributed by atoms with van der Waals surface area (Å²) in [7, 11) is 0. The van der Waals surface area contributed by atoms with Gasteiger partial charge in [0.25, 0.3) is 5.91 Å². The molecule has 1 aliphatic carbocycles. The monoisotopic (exact) mass is 423 g/mol. The van der Waals surface area contributed by atoms with Crippen molar-refractivity contribution in [1.82, 2.24) is 10.1 Å². The number of halogens is 2. The molecule has 0 bridgehead atoms. The normalized spacial score (nSPS) is 23.1. The standard InChI is InChI=1S/C19H19ClFN3O5/c20-15-2-1-12(5-16(15)21)28-13-3-10-7-24(8-11(10)4-13)19(26)27-9-14-6-17(18(22)25)23-29-14/h1-2,5-6,10-11,13H,3-4,7-9H2,(H2,22,25)/t10-,11+,13?. The zero-order valence-electron chi connectivity index (χ0n) is 15.3. The summed E-state index contributed by atoms with van der Waals surface area (Å²) >= 11 is 5.69. The van der Waals surface area contributed by atoms with E-state index in [1.807, 2.05) is 0 Å². The Balaban J connectivity index is 1.25. The van der Waals surface area contributed by atoms with E-state index in [-0.39, 0.29) is 29.2 Å². The first kappa shape index (κ1) is 19.5. The second-order valence-electron chi connectivity index (χ2n) is 7.31. The second-order valence-corrected chi connectivity index (χ2v) is 7.72. The van der Waals surface area contributed by atoms with Gasteiger partial charge in [-0.15, -0.1) is 0 Å². The number of rotatable bonds is 5. The molecule has 2 amide bonds. The molecule has 1 saturated heterocycles. The summed E-state index contributed by atoms with van der Waals surface area (Å²) in [6.07, 6.45) is 1.09. The molecule has 3 atom stereocenters. The van der Waals surface area contributed by atoms with Crippen LogP contribution in [0.5, 0.6) is 5.75 Å². The van der Waals surface area contributed by atoms with Crippen LogP contribution in [0.2, 0.25) is 5.02 Å². The quantitative estimate of drug-likeness (QED) is 0.792. The van der Waals surface area contributed by atoms with Crippen LogP contribution in [0.25, 0.3) is 0 Å². The Morgan fingerprint density at radius 1 is 1.28 bits per heavy atom. The predicted octanol–water partition coefficient (Wildman–Crippen LogP) is 2.99. The lowest BCUT2D eigenvalue weighted by molar-refractivity contribution is 0.0899. The maximum Gasteiger partial charge on any atom is 0.410 e. The number of primary amides is 1. The number of aromatic nitrogens is 1. The molecule has 1 aliphatic heterocycles. The summed E-state index contributed by atoms with van der Waals surface area (Å²) in [6.45, 7) is 1.02. The first-order chi connectivity index (χ1) is 13.9. The third-order valence-electron chi connectivity index (χ3n) is 5.31. The molecule has 2 aliphatic rings. The Labute approximate surface area is 170 Å². The molecule has 154 valence electrons. The Morgan fingerprint density at radius 3 is 2.62 bits per heavy atom.